The Bertz CT molecular complexity index is 1040. The largest absolute Gasteiger partial charge is 0.462 e. The van der Waals surface area contributed by atoms with Crippen molar-refractivity contribution in [3.8, 4) is 0 Å². The van der Waals surface area contributed by atoms with Crippen LogP contribution in [0.2, 0.25) is 0 Å². The van der Waals surface area contributed by atoms with Gasteiger partial charge in [-0.25, -0.2) is 9.59 Å². The summed E-state index contributed by atoms with van der Waals surface area (Å²) in [6.07, 6.45) is 1.59. The second kappa shape index (κ2) is 14.8. The van der Waals surface area contributed by atoms with E-state index in [0.29, 0.717) is 35.5 Å². The number of esters is 2. The zero-order chi connectivity index (χ0) is 25.2. The van der Waals surface area contributed by atoms with E-state index >= 15 is 0 Å². The van der Waals surface area contributed by atoms with Gasteiger partial charge in [-0.2, -0.15) is 0 Å². The van der Waals surface area contributed by atoms with Gasteiger partial charge < -0.3 is 23.7 Å². The summed E-state index contributed by atoms with van der Waals surface area (Å²) in [5.74, 6) is -0.714. The van der Waals surface area contributed by atoms with E-state index in [1.54, 1.807) is 36.4 Å². The fourth-order valence-electron chi connectivity index (χ4n) is 4.18. The van der Waals surface area contributed by atoms with Crippen molar-refractivity contribution in [2.45, 2.75) is 40.5 Å². The number of fused-ring (bicyclic) bond motifs is 3. The minimum Gasteiger partial charge on any atom is -0.462 e. The van der Waals surface area contributed by atoms with Gasteiger partial charge in [0.1, 0.15) is 11.2 Å². The van der Waals surface area contributed by atoms with Crippen LogP contribution in [0.4, 0.5) is 0 Å². The molecule has 0 unspecified atom stereocenters. The average molecular weight is 519 g/mol. The minimum atomic E-state index is -0.357. The Morgan fingerprint density at radius 2 is 1.08 bits per heavy atom. The minimum absolute atomic E-state index is 0. The molecule has 0 aliphatic rings. The van der Waals surface area contributed by atoms with Crippen LogP contribution in [0.15, 0.2) is 40.8 Å². The molecule has 1 aromatic heterocycles. The Balaban J connectivity index is 0.00000456. The Morgan fingerprint density at radius 3 is 1.44 bits per heavy atom. The van der Waals surface area contributed by atoms with Crippen molar-refractivity contribution in [1.29, 1.82) is 0 Å². The van der Waals surface area contributed by atoms with Gasteiger partial charge >= 0.3 is 11.9 Å². The normalized spacial score (nSPS) is 11.3. The second-order valence-corrected chi connectivity index (χ2v) is 8.56. The summed E-state index contributed by atoms with van der Waals surface area (Å²) in [5.41, 5.74) is 2.24. The third-order valence-corrected chi connectivity index (χ3v) is 6.43. The molecule has 0 N–H and O–H groups in total. The Labute approximate surface area is 220 Å². The van der Waals surface area contributed by atoms with Crippen molar-refractivity contribution in [2.75, 3.05) is 52.5 Å². The zero-order valence-electron chi connectivity index (χ0n) is 21.9. The number of nitrogens with zero attached hydrogens (tertiary/aromatic N) is 2. The molecule has 0 radical (unpaired) electrons. The Kier molecular flexibility index (Phi) is 12.2. The standard InChI is InChI=1S/C28H38N2O5.ClH/c1-5-29(6-2)15-9-17-33-27(31)21-11-13-25-23(19-21)24-20-22(12-14-26(24)35-25)28(32)34-18-10-16-30(7-3)8-4;/h11-14,19-20H,5-10,15-18H2,1-4H3;1H. The SMILES string of the molecule is CCN(CC)CCCOC(=O)c1ccc2oc3ccc(C(=O)OCCCN(CC)CC)cc3c2c1.Cl. The quantitative estimate of drug-likeness (QED) is 0.198. The highest BCUT2D eigenvalue weighted by Gasteiger charge is 2.15. The molecule has 0 spiro atoms. The number of furan rings is 1. The molecule has 0 atom stereocenters. The lowest BCUT2D eigenvalue weighted by Crippen LogP contribution is -2.25. The summed E-state index contributed by atoms with van der Waals surface area (Å²) in [4.78, 5) is 29.8. The van der Waals surface area contributed by atoms with Gasteiger partial charge in [0.2, 0.25) is 0 Å². The van der Waals surface area contributed by atoms with Gasteiger partial charge in [-0.05, 0) is 75.4 Å². The highest BCUT2D eigenvalue weighted by molar-refractivity contribution is 6.09. The van der Waals surface area contributed by atoms with Gasteiger partial charge in [0.15, 0.2) is 0 Å². The topological polar surface area (TPSA) is 72.2 Å². The number of rotatable bonds is 14. The molecule has 36 heavy (non-hydrogen) atoms. The monoisotopic (exact) mass is 518 g/mol. The molecular formula is C28H39ClN2O5. The molecule has 2 aromatic carbocycles. The van der Waals surface area contributed by atoms with Gasteiger partial charge in [-0.1, -0.05) is 27.7 Å². The number of hydrogen-bond acceptors (Lipinski definition) is 7. The van der Waals surface area contributed by atoms with Crippen LogP contribution in [0.1, 0.15) is 61.3 Å². The molecule has 0 saturated carbocycles. The van der Waals surface area contributed by atoms with Crippen molar-refractivity contribution >= 4 is 46.3 Å². The molecule has 8 heteroatoms. The second-order valence-electron chi connectivity index (χ2n) is 8.56. The van der Waals surface area contributed by atoms with E-state index in [0.717, 1.165) is 62.9 Å². The lowest BCUT2D eigenvalue weighted by molar-refractivity contribution is 0.0480. The van der Waals surface area contributed by atoms with Crippen LogP contribution in [-0.4, -0.2) is 74.2 Å². The van der Waals surface area contributed by atoms with E-state index in [1.165, 1.54) is 0 Å². The number of carbonyl (C=O) groups is 2. The van der Waals surface area contributed by atoms with Crippen LogP contribution in [0, 0.1) is 0 Å². The van der Waals surface area contributed by atoms with Crippen molar-refractivity contribution in [2.24, 2.45) is 0 Å². The third-order valence-electron chi connectivity index (χ3n) is 6.43. The zero-order valence-corrected chi connectivity index (χ0v) is 22.7. The summed E-state index contributed by atoms with van der Waals surface area (Å²) < 4.78 is 16.9. The summed E-state index contributed by atoms with van der Waals surface area (Å²) in [6, 6.07) is 10.5. The summed E-state index contributed by atoms with van der Waals surface area (Å²) >= 11 is 0. The fourth-order valence-corrected chi connectivity index (χ4v) is 4.18. The number of benzene rings is 2. The number of hydrogen-bond donors (Lipinski definition) is 0. The molecule has 1 heterocycles. The summed E-state index contributed by atoms with van der Waals surface area (Å²) in [7, 11) is 0. The van der Waals surface area contributed by atoms with Gasteiger partial charge in [-0.15, -0.1) is 12.4 Å². The molecule has 7 nitrogen and oxygen atoms in total. The van der Waals surface area contributed by atoms with Crippen LogP contribution in [0.25, 0.3) is 21.9 Å². The first-order valence-electron chi connectivity index (χ1n) is 12.8. The van der Waals surface area contributed by atoms with Crippen molar-refractivity contribution in [3.05, 3.63) is 47.5 Å². The lowest BCUT2D eigenvalue weighted by Gasteiger charge is -2.17. The molecule has 0 aliphatic heterocycles. The molecule has 3 aromatic rings. The lowest BCUT2D eigenvalue weighted by atomic mass is 10.1. The average Bonchev–Trinajstić information content (AvgIpc) is 3.25. The molecule has 0 amide bonds. The molecule has 0 bridgehead atoms. The van der Waals surface area contributed by atoms with Gasteiger partial charge in [0, 0.05) is 23.9 Å². The predicted molar refractivity (Wildman–Crippen MR) is 146 cm³/mol. The van der Waals surface area contributed by atoms with Gasteiger partial charge in [0.05, 0.1) is 24.3 Å². The molecule has 198 valence electrons. The van der Waals surface area contributed by atoms with Crippen LogP contribution in [0.3, 0.4) is 0 Å². The summed E-state index contributed by atoms with van der Waals surface area (Å²) in [6.45, 7) is 15.0. The van der Waals surface area contributed by atoms with E-state index in [1.807, 2.05) is 0 Å². The van der Waals surface area contributed by atoms with Crippen molar-refractivity contribution in [1.82, 2.24) is 9.80 Å². The first kappa shape index (κ1) is 29.6. The first-order valence-corrected chi connectivity index (χ1v) is 12.8. The highest BCUT2D eigenvalue weighted by Crippen LogP contribution is 2.30. The number of halogens is 1. The summed E-state index contributed by atoms with van der Waals surface area (Å²) in [5, 5.41) is 1.54. The third kappa shape index (κ3) is 7.69. The number of ether oxygens (including phenoxy) is 2. The Hall–Kier alpha value is -2.61. The van der Waals surface area contributed by atoms with Crippen LogP contribution < -0.4 is 0 Å². The maximum atomic E-state index is 12.6. The first-order chi connectivity index (χ1) is 17.0. The van der Waals surface area contributed by atoms with Gasteiger partial charge in [-0.3, -0.25) is 0 Å². The van der Waals surface area contributed by atoms with Crippen LogP contribution >= 0.6 is 12.4 Å². The van der Waals surface area contributed by atoms with Crippen LogP contribution in [0.5, 0.6) is 0 Å². The van der Waals surface area contributed by atoms with E-state index in [2.05, 4.69) is 37.5 Å². The van der Waals surface area contributed by atoms with Crippen LogP contribution in [-0.2, 0) is 9.47 Å². The van der Waals surface area contributed by atoms with Crippen molar-refractivity contribution in [3.63, 3.8) is 0 Å². The maximum absolute atomic E-state index is 12.6. The fraction of sp³-hybridized carbons (Fsp3) is 0.500. The molecule has 0 fully saturated rings. The molecule has 0 saturated heterocycles. The van der Waals surface area contributed by atoms with E-state index in [-0.39, 0.29) is 24.3 Å². The molecular weight excluding hydrogens is 480 g/mol. The maximum Gasteiger partial charge on any atom is 0.338 e. The van der Waals surface area contributed by atoms with Crippen molar-refractivity contribution < 1.29 is 23.5 Å². The Morgan fingerprint density at radius 1 is 0.694 bits per heavy atom. The molecule has 0 aliphatic carbocycles. The smallest absolute Gasteiger partial charge is 0.338 e. The molecule has 3 rings (SSSR count). The van der Waals surface area contributed by atoms with Gasteiger partial charge in [0.25, 0.3) is 0 Å². The van der Waals surface area contributed by atoms with E-state index in [9.17, 15) is 9.59 Å². The highest BCUT2D eigenvalue weighted by atomic mass is 35.5. The predicted octanol–water partition coefficient (Wildman–Crippen LogP) is 5.79. The number of carbonyl (C=O) groups excluding carboxylic acids is 2. The van der Waals surface area contributed by atoms with E-state index < -0.39 is 0 Å². The van der Waals surface area contributed by atoms with E-state index in [4.69, 9.17) is 13.9 Å².